The van der Waals surface area contributed by atoms with E-state index in [1.165, 1.54) is 30.5 Å². The molecule has 0 bridgehead atoms. The predicted octanol–water partition coefficient (Wildman–Crippen LogP) is 2.13. The molecule has 0 aliphatic carbocycles. The van der Waals surface area contributed by atoms with Crippen molar-refractivity contribution in [3.05, 3.63) is 29.3 Å². The maximum Gasteiger partial charge on any atom is 0.119 e. The zero-order valence-corrected chi connectivity index (χ0v) is 13.3. The van der Waals surface area contributed by atoms with Gasteiger partial charge < -0.3 is 14.8 Å². The van der Waals surface area contributed by atoms with Crippen molar-refractivity contribution in [2.75, 3.05) is 33.9 Å². The average Bonchev–Trinajstić information content (AvgIpc) is 2.97. The molecule has 0 spiro atoms. The molecule has 3 rings (SSSR count). The fraction of sp³-hybridized carbons (Fsp3) is 0.647. The minimum atomic E-state index is 0.219. The number of hydrogen-bond donors (Lipinski definition) is 1. The van der Waals surface area contributed by atoms with E-state index < -0.39 is 0 Å². The summed E-state index contributed by atoms with van der Waals surface area (Å²) in [6.07, 6.45) is 2.82. The Morgan fingerprint density at radius 1 is 1.43 bits per heavy atom. The summed E-state index contributed by atoms with van der Waals surface area (Å²) < 4.78 is 11.5. The van der Waals surface area contributed by atoms with E-state index >= 15 is 0 Å². The van der Waals surface area contributed by atoms with E-state index in [1.807, 2.05) is 13.1 Å². The topological polar surface area (TPSA) is 33.7 Å². The van der Waals surface area contributed by atoms with Crippen LogP contribution in [0.25, 0.3) is 0 Å². The summed E-state index contributed by atoms with van der Waals surface area (Å²) >= 11 is 0. The van der Waals surface area contributed by atoms with Gasteiger partial charge in [0.1, 0.15) is 5.75 Å². The summed E-state index contributed by atoms with van der Waals surface area (Å²) in [6, 6.07) is 7.18. The number of rotatable bonds is 4. The highest BCUT2D eigenvalue weighted by Crippen LogP contribution is 2.31. The number of morpholine rings is 1. The standard InChI is InChI=1S/C17H26N2O2/c1-12-9-14(20-3)6-7-15(12)17(18-2)16-10-19-8-4-5-13(19)11-21-16/h6-7,9,13,16-18H,4-5,8,10-11H2,1-3H3. The maximum atomic E-state index is 6.18. The zero-order chi connectivity index (χ0) is 14.8. The summed E-state index contributed by atoms with van der Waals surface area (Å²) in [5.74, 6) is 0.912. The van der Waals surface area contributed by atoms with Crippen LogP contribution >= 0.6 is 0 Å². The van der Waals surface area contributed by atoms with E-state index in [1.54, 1.807) is 7.11 Å². The molecule has 3 atom stereocenters. The molecule has 2 aliphatic heterocycles. The molecule has 116 valence electrons. The first kappa shape index (κ1) is 14.8. The lowest BCUT2D eigenvalue weighted by Gasteiger charge is -2.39. The lowest BCUT2D eigenvalue weighted by molar-refractivity contribution is -0.0643. The van der Waals surface area contributed by atoms with Crippen molar-refractivity contribution in [3.63, 3.8) is 0 Å². The largest absolute Gasteiger partial charge is 0.497 e. The molecule has 4 heteroatoms. The predicted molar refractivity (Wildman–Crippen MR) is 83.9 cm³/mol. The Balaban J connectivity index is 1.78. The summed E-state index contributed by atoms with van der Waals surface area (Å²) in [5, 5.41) is 3.45. The van der Waals surface area contributed by atoms with E-state index in [0.29, 0.717) is 6.04 Å². The van der Waals surface area contributed by atoms with E-state index in [9.17, 15) is 0 Å². The Hall–Kier alpha value is -1.10. The Morgan fingerprint density at radius 3 is 3.00 bits per heavy atom. The monoisotopic (exact) mass is 290 g/mol. The highest BCUT2D eigenvalue weighted by molar-refractivity contribution is 5.37. The molecule has 21 heavy (non-hydrogen) atoms. The van der Waals surface area contributed by atoms with Gasteiger partial charge in [-0.1, -0.05) is 6.07 Å². The van der Waals surface area contributed by atoms with Crippen LogP contribution in [0.4, 0.5) is 0 Å². The normalized spacial score (nSPS) is 27.4. The Morgan fingerprint density at radius 2 is 2.29 bits per heavy atom. The number of hydrogen-bond acceptors (Lipinski definition) is 4. The van der Waals surface area contributed by atoms with Gasteiger partial charge in [-0.05, 0) is 56.6 Å². The number of nitrogens with zero attached hydrogens (tertiary/aromatic N) is 1. The third kappa shape index (κ3) is 2.93. The third-order valence-corrected chi connectivity index (χ3v) is 4.91. The van der Waals surface area contributed by atoms with Crippen LogP contribution in [0, 0.1) is 6.92 Å². The SMILES string of the molecule is CNC(c1ccc(OC)cc1C)C1CN2CCCC2CO1. The molecular weight excluding hydrogens is 264 g/mol. The fourth-order valence-electron chi connectivity index (χ4n) is 3.71. The van der Waals surface area contributed by atoms with Gasteiger partial charge in [-0.3, -0.25) is 4.90 Å². The Labute approximate surface area is 127 Å². The van der Waals surface area contributed by atoms with Gasteiger partial charge in [-0.15, -0.1) is 0 Å². The van der Waals surface area contributed by atoms with Crippen molar-refractivity contribution >= 4 is 0 Å². The molecule has 0 aromatic heterocycles. The lowest BCUT2D eigenvalue weighted by Crippen LogP contribution is -2.50. The van der Waals surface area contributed by atoms with Crippen LogP contribution in [-0.2, 0) is 4.74 Å². The number of methoxy groups -OCH3 is 1. The molecule has 0 radical (unpaired) electrons. The molecule has 0 saturated carbocycles. The lowest BCUT2D eigenvalue weighted by atomic mass is 9.95. The van der Waals surface area contributed by atoms with Gasteiger partial charge in [0.05, 0.1) is 25.9 Å². The van der Waals surface area contributed by atoms with Crippen molar-refractivity contribution in [1.29, 1.82) is 0 Å². The Kier molecular flexibility index (Phi) is 4.48. The third-order valence-electron chi connectivity index (χ3n) is 4.91. The smallest absolute Gasteiger partial charge is 0.119 e. The summed E-state index contributed by atoms with van der Waals surface area (Å²) in [6.45, 7) is 5.27. The van der Waals surface area contributed by atoms with Gasteiger partial charge in [-0.2, -0.15) is 0 Å². The minimum absolute atomic E-state index is 0.219. The number of ether oxygens (including phenoxy) is 2. The summed E-state index contributed by atoms with van der Waals surface area (Å²) in [5.41, 5.74) is 2.56. The van der Waals surface area contributed by atoms with Crippen LogP contribution in [0.5, 0.6) is 5.75 Å². The van der Waals surface area contributed by atoms with Gasteiger partial charge in [-0.25, -0.2) is 0 Å². The molecule has 2 aliphatic rings. The molecule has 2 heterocycles. The molecule has 3 unspecified atom stereocenters. The fourth-order valence-corrected chi connectivity index (χ4v) is 3.71. The van der Waals surface area contributed by atoms with Gasteiger partial charge >= 0.3 is 0 Å². The molecule has 1 aromatic rings. The summed E-state index contributed by atoms with van der Waals surface area (Å²) in [4.78, 5) is 2.59. The second kappa shape index (κ2) is 6.34. The molecule has 1 N–H and O–H groups in total. The molecule has 1 aromatic carbocycles. The first-order valence-electron chi connectivity index (χ1n) is 7.90. The van der Waals surface area contributed by atoms with Crippen molar-refractivity contribution in [2.24, 2.45) is 0 Å². The number of fused-ring (bicyclic) bond motifs is 1. The van der Waals surface area contributed by atoms with Crippen LogP contribution in [0.1, 0.15) is 30.0 Å². The van der Waals surface area contributed by atoms with Crippen molar-refractivity contribution in [3.8, 4) is 5.75 Å². The van der Waals surface area contributed by atoms with E-state index in [4.69, 9.17) is 9.47 Å². The molecule has 0 amide bonds. The average molecular weight is 290 g/mol. The number of benzene rings is 1. The van der Waals surface area contributed by atoms with Crippen LogP contribution in [0.15, 0.2) is 18.2 Å². The van der Waals surface area contributed by atoms with Crippen LogP contribution in [0.2, 0.25) is 0 Å². The number of likely N-dealkylation sites (N-methyl/N-ethyl adjacent to an activating group) is 1. The minimum Gasteiger partial charge on any atom is -0.497 e. The molecule has 2 fully saturated rings. The molecular formula is C17H26N2O2. The first-order valence-corrected chi connectivity index (χ1v) is 7.90. The summed E-state index contributed by atoms with van der Waals surface area (Å²) in [7, 11) is 3.73. The number of nitrogens with one attached hydrogen (secondary N) is 1. The molecule has 4 nitrogen and oxygen atoms in total. The van der Waals surface area contributed by atoms with Crippen molar-refractivity contribution in [2.45, 2.75) is 38.0 Å². The highest BCUT2D eigenvalue weighted by Gasteiger charge is 2.36. The number of aryl methyl sites for hydroxylation is 1. The van der Waals surface area contributed by atoms with Gasteiger partial charge in [0.15, 0.2) is 0 Å². The van der Waals surface area contributed by atoms with Crippen LogP contribution in [-0.4, -0.2) is 50.9 Å². The quantitative estimate of drug-likeness (QED) is 0.921. The van der Waals surface area contributed by atoms with E-state index in [-0.39, 0.29) is 12.1 Å². The van der Waals surface area contributed by atoms with E-state index in [0.717, 1.165) is 18.9 Å². The zero-order valence-electron chi connectivity index (χ0n) is 13.3. The second-order valence-corrected chi connectivity index (χ2v) is 6.15. The van der Waals surface area contributed by atoms with Crippen molar-refractivity contribution in [1.82, 2.24) is 10.2 Å². The second-order valence-electron chi connectivity index (χ2n) is 6.15. The van der Waals surface area contributed by atoms with Gasteiger partial charge in [0.2, 0.25) is 0 Å². The Bertz CT molecular complexity index is 492. The van der Waals surface area contributed by atoms with Gasteiger partial charge in [0, 0.05) is 12.6 Å². The van der Waals surface area contributed by atoms with Gasteiger partial charge in [0.25, 0.3) is 0 Å². The molecule has 2 saturated heterocycles. The van der Waals surface area contributed by atoms with Crippen molar-refractivity contribution < 1.29 is 9.47 Å². The van der Waals surface area contributed by atoms with Crippen LogP contribution < -0.4 is 10.1 Å². The van der Waals surface area contributed by atoms with Crippen LogP contribution in [0.3, 0.4) is 0 Å². The maximum absolute atomic E-state index is 6.18. The first-order chi connectivity index (χ1) is 10.2. The highest BCUT2D eigenvalue weighted by atomic mass is 16.5. The van der Waals surface area contributed by atoms with E-state index in [2.05, 4.69) is 29.3 Å².